The molecule has 3 aromatic rings. The van der Waals surface area contributed by atoms with Crippen LogP contribution in [0, 0.1) is 0 Å². The van der Waals surface area contributed by atoms with Crippen LogP contribution in [-0.4, -0.2) is 22.1 Å². The highest BCUT2D eigenvalue weighted by Gasteiger charge is 2.25. The predicted molar refractivity (Wildman–Crippen MR) is 86.0 cm³/mol. The van der Waals surface area contributed by atoms with Gasteiger partial charge in [0.2, 0.25) is 0 Å². The molecular weight excluding hydrogens is 290 g/mol. The van der Waals surface area contributed by atoms with E-state index in [4.69, 9.17) is 9.47 Å². The minimum Gasteiger partial charge on any atom is -0.497 e. The van der Waals surface area contributed by atoms with Crippen molar-refractivity contribution in [2.75, 3.05) is 7.11 Å². The van der Waals surface area contributed by atoms with Crippen molar-refractivity contribution in [3.63, 3.8) is 0 Å². The molecule has 0 bridgehead atoms. The summed E-state index contributed by atoms with van der Waals surface area (Å²) in [6.07, 6.45) is 0.0172. The van der Waals surface area contributed by atoms with E-state index >= 15 is 0 Å². The molecule has 0 amide bonds. The maximum atomic E-state index is 6.04. The van der Waals surface area contributed by atoms with Crippen LogP contribution in [-0.2, 0) is 17.9 Å². The molecule has 1 atom stereocenters. The highest BCUT2D eigenvalue weighted by atomic mass is 16.5. The zero-order chi connectivity index (χ0) is 15.6. The van der Waals surface area contributed by atoms with Crippen LogP contribution in [0.15, 0.2) is 54.6 Å². The summed E-state index contributed by atoms with van der Waals surface area (Å²) in [4.78, 5) is 0. The Balaban J connectivity index is 1.64. The van der Waals surface area contributed by atoms with E-state index in [-0.39, 0.29) is 6.10 Å². The Bertz CT molecular complexity index is 814. The summed E-state index contributed by atoms with van der Waals surface area (Å²) < 4.78 is 13.3. The second-order valence-corrected chi connectivity index (χ2v) is 5.51. The van der Waals surface area contributed by atoms with Crippen molar-refractivity contribution >= 4 is 0 Å². The van der Waals surface area contributed by atoms with E-state index in [2.05, 4.69) is 22.4 Å². The number of hydrogen-bond donors (Lipinski definition) is 0. The third-order valence-electron chi connectivity index (χ3n) is 4.11. The van der Waals surface area contributed by atoms with E-state index in [0.717, 1.165) is 28.3 Å². The standard InChI is InChI=1S/C18H17N3O2/c1-22-15-9-5-8-14(10-15)18-16-12-23-17(11-21(16)20-19-18)13-6-3-2-4-7-13/h2-10,17H,11-12H2,1H3. The minimum absolute atomic E-state index is 0.0172. The van der Waals surface area contributed by atoms with Gasteiger partial charge in [0.25, 0.3) is 0 Å². The van der Waals surface area contributed by atoms with Gasteiger partial charge in [0.15, 0.2) is 0 Å². The van der Waals surface area contributed by atoms with Gasteiger partial charge in [-0.15, -0.1) is 5.10 Å². The molecule has 5 nitrogen and oxygen atoms in total. The fraction of sp³-hybridized carbons (Fsp3) is 0.222. The van der Waals surface area contributed by atoms with E-state index in [1.807, 2.05) is 47.1 Å². The van der Waals surface area contributed by atoms with Crippen LogP contribution in [0.4, 0.5) is 0 Å². The molecule has 1 aliphatic rings. The van der Waals surface area contributed by atoms with E-state index < -0.39 is 0 Å². The summed E-state index contributed by atoms with van der Waals surface area (Å²) in [6.45, 7) is 1.18. The first kappa shape index (κ1) is 14.0. The number of benzene rings is 2. The molecule has 0 saturated carbocycles. The number of aromatic nitrogens is 3. The molecule has 0 N–H and O–H groups in total. The van der Waals surface area contributed by atoms with Crippen LogP contribution in [0.1, 0.15) is 17.4 Å². The number of hydrogen-bond acceptors (Lipinski definition) is 4. The average molecular weight is 307 g/mol. The minimum atomic E-state index is 0.0172. The number of ether oxygens (including phenoxy) is 2. The van der Waals surface area contributed by atoms with Crippen LogP contribution >= 0.6 is 0 Å². The highest BCUT2D eigenvalue weighted by molar-refractivity contribution is 5.63. The van der Waals surface area contributed by atoms with Gasteiger partial charge in [0.1, 0.15) is 17.5 Å². The average Bonchev–Trinajstić information content (AvgIpc) is 3.05. The van der Waals surface area contributed by atoms with E-state index in [9.17, 15) is 0 Å². The summed E-state index contributed by atoms with van der Waals surface area (Å²) in [6, 6.07) is 18.1. The quantitative estimate of drug-likeness (QED) is 0.745. The highest BCUT2D eigenvalue weighted by Crippen LogP contribution is 2.31. The fourth-order valence-electron chi connectivity index (χ4n) is 2.88. The normalized spacial score (nSPS) is 16.8. The van der Waals surface area contributed by atoms with Crippen molar-refractivity contribution in [1.82, 2.24) is 15.0 Å². The largest absolute Gasteiger partial charge is 0.497 e. The lowest BCUT2D eigenvalue weighted by Crippen LogP contribution is -2.22. The molecule has 5 heteroatoms. The molecule has 0 radical (unpaired) electrons. The lowest BCUT2D eigenvalue weighted by Gasteiger charge is -2.24. The summed E-state index contributed by atoms with van der Waals surface area (Å²) >= 11 is 0. The molecule has 2 heterocycles. The SMILES string of the molecule is COc1cccc(-c2nnn3c2COC(c2ccccc2)C3)c1. The first-order chi connectivity index (χ1) is 11.3. The Kier molecular flexibility index (Phi) is 3.55. The Hall–Kier alpha value is -2.66. The summed E-state index contributed by atoms with van der Waals surface area (Å²) in [5.41, 5.74) is 4.02. The molecule has 0 aliphatic carbocycles. The predicted octanol–water partition coefficient (Wildman–Crippen LogP) is 3.23. The summed E-state index contributed by atoms with van der Waals surface area (Å²) in [7, 11) is 1.66. The molecule has 1 aromatic heterocycles. The molecular formula is C18H17N3O2. The molecule has 23 heavy (non-hydrogen) atoms. The van der Waals surface area contributed by atoms with Gasteiger partial charge in [-0.05, 0) is 17.7 Å². The topological polar surface area (TPSA) is 49.2 Å². The van der Waals surface area contributed by atoms with Gasteiger partial charge in [-0.3, -0.25) is 0 Å². The summed E-state index contributed by atoms with van der Waals surface area (Å²) in [5, 5.41) is 8.66. The molecule has 0 spiro atoms. The van der Waals surface area contributed by atoms with Gasteiger partial charge in [-0.1, -0.05) is 47.7 Å². The number of fused-ring (bicyclic) bond motifs is 1. The van der Waals surface area contributed by atoms with E-state index in [0.29, 0.717) is 13.2 Å². The Morgan fingerprint density at radius 2 is 2.00 bits per heavy atom. The van der Waals surface area contributed by atoms with Crippen molar-refractivity contribution in [1.29, 1.82) is 0 Å². The fourth-order valence-corrected chi connectivity index (χ4v) is 2.88. The molecule has 4 rings (SSSR count). The monoisotopic (exact) mass is 307 g/mol. The number of rotatable bonds is 3. The van der Waals surface area contributed by atoms with Crippen LogP contribution < -0.4 is 4.74 Å². The number of nitrogens with zero attached hydrogens (tertiary/aromatic N) is 3. The third kappa shape index (κ3) is 2.59. The first-order valence-electron chi connectivity index (χ1n) is 7.58. The Morgan fingerprint density at radius 1 is 1.13 bits per heavy atom. The van der Waals surface area contributed by atoms with Crippen LogP contribution in [0.3, 0.4) is 0 Å². The molecule has 1 unspecified atom stereocenters. The third-order valence-corrected chi connectivity index (χ3v) is 4.11. The van der Waals surface area contributed by atoms with Crippen LogP contribution in [0.25, 0.3) is 11.3 Å². The van der Waals surface area contributed by atoms with Gasteiger partial charge >= 0.3 is 0 Å². The Labute approximate surface area is 134 Å². The van der Waals surface area contributed by atoms with Gasteiger partial charge in [-0.2, -0.15) is 0 Å². The van der Waals surface area contributed by atoms with Gasteiger partial charge < -0.3 is 9.47 Å². The van der Waals surface area contributed by atoms with Crippen LogP contribution in [0.2, 0.25) is 0 Å². The van der Waals surface area contributed by atoms with Crippen molar-refractivity contribution in [2.45, 2.75) is 19.3 Å². The second-order valence-electron chi connectivity index (χ2n) is 5.51. The smallest absolute Gasteiger partial charge is 0.119 e. The Morgan fingerprint density at radius 3 is 2.83 bits per heavy atom. The first-order valence-corrected chi connectivity index (χ1v) is 7.58. The molecule has 1 aliphatic heterocycles. The van der Waals surface area contributed by atoms with Gasteiger partial charge in [0, 0.05) is 5.56 Å². The van der Waals surface area contributed by atoms with E-state index in [1.165, 1.54) is 0 Å². The molecule has 116 valence electrons. The van der Waals surface area contributed by atoms with Crippen molar-refractivity contribution in [2.24, 2.45) is 0 Å². The van der Waals surface area contributed by atoms with Gasteiger partial charge in [-0.25, -0.2) is 4.68 Å². The molecule has 2 aromatic carbocycles. The molecule has 0 saturated heterocycles. The second kappa shape index (κ2) is 5.85. The number of methoxy groups -OCH3 is 1. The van der Waals surface area contributed by atoms with Crippen molar-refractivity contribution in [3.8, 4) is 17.0 Å². The maximum absolute atomic E-state index is 6.04. The van der Waals surface area contributed by atoms with Gasteiger partial charge in [0.05, 0.1) is 26.0 Å². The lowest BCUT2D eigenvalue weighted by molar-refractivity contribution is -0.00109. The summed E-state index contributed by atoms with van der Waals surface area (Å²) in [5.74, 6) is 0.808. The zero-order valence-corrected chi connectivity index (χ0v) is 12.8. The van der Waals surface area contributed by atoms with Crippen molar-refractivity contribution < 1.29 is 9.47 Å². The van der Waals surface area contributed by atoms with Crippen LogP contribution in [0.5, 0.6) is 5.75 Å². The van der Waals surface area contributed by atoms with E-state index in [1.54, 1.807) is 7.11 Å². The zero-order valence-electron chi connectivity index (χ0n) is 12.8. The maximum Gasteiger partial charge on any atom is 0.119 e. The van der Waals surface area contributed by atoms with Crippen molar-refractivity contribution in [3.05, 3.63) is 65.9 Å². The molecule has 0 fully saturated rings. The lowest BCUT2D eigenvalue weighted by atomic mass is 10.1.